The van der Waals surface area contributed by atoms with Gasteiger partial charge in [0.05, 0.1) is 16.8 Å². The van der Waals surface area contributed by atoms with Crippen LogP contribution in [0.3, 0.4) is 0 Å². The minimum atomic E-state index is -0.824. The van der Waals surface area contributed by atoms with Crippen molar-refractivity contribution in [1.82, 2.24) is 5.32 Å². The lowest BCUT2D eigenvalue weighted by molar-refractivity contribution is -0.122. The molecule has 150 valence electrons. The average molecular weight is 433 g/mol. The second-order valence-corrected chi connectivity index (χ2v) is 7.30. The third-order valence-electron chi connectivity index (χ3n) is 4.36. The number of imide groups is 2. The van der Waals surface area contributed by atoms with Crippen molar-refractivity contribution < 1.29 is 19.1 Å². The van der Waals surface area contributed by atoms with Gasteiger partial charge in [0.15, 0.2) is 0 Å². The molecule has 0 spiro atoms. The molecule has 1 saturated heterocycles. The van der Waals surface area contributed by atoms with E-state index in [1.165, 1.54) is 18.2 Å². The monoisotopic (exact) mass is 432 g/mol. The van der Waals surface area contributed by atoms with Gasteiger partial charge in [-0.3, -0.25) is 14.9 Å². The van der Waals surface area contributed by atoms with Crippen LogP contribution in [-0.2, 0) is 9.59 Å². The Morgan fingerprint density at radius 1 is 1.10 bits per heavy atom. The van der Waals surface area contributed by atoms with Crippen molar-refractivity contribution in [2.24, 2.45) is 0 Å². The molecule has 3 rings (SSSR count). The van der Waals surface area contributed by atoms with Gasteiger partial charge in [-0.15, -0.1) is 0 Å². The number of carbonyl (C=O) groups is 3. The maximum Gasteiger partial charge on any atom is 0.335 e. The summed E-state index contributed by atoms with van der Waals surface area (Å²) in [6.45, 7) is 3.93. The van der Waals surface area contributed by atoms with Crippen molar-refractivity contribution in [3.8, 4) is 5.75 Å². The van der Waals surface area contributed by atoms with Crippen molar-refractivity contribution >= 4 is 52.8 Å². The molecule has 0 radical (unpaired) electrons. The molecule has 0 unspecified atom stereocenters. The first-order valence-corrected chi connectivity index (χ1v) is 9.69. The number of amides is 4. The van der Waals surface area contributed by atoms with Gasteiger partial charge < -0.3 is 4.74 Å². The first-order valence-electron chi connectivity index (χ1n) is 8.93. The molecule has 8 heteroatoms. The van der Waals surface area contributed by atoms with Crippen molar-refractivity contribution in [1.29, 1.82) is 0 Å². The van der Waals surface area contributed by atoms with Crippen LogP contribution in [0.4, 0.5) is 10.5 Å². The van der Waals surface area contributed by atoms with Gasteiger partial charge in [0.2, 0.25) is 0 Å². The predicted octanol–water partition coefficient (Wildman–Crippen LogP) is 4.84. The fourth-order valence-electron chi connectivity index (χ4n) is 2.65. The fourth-order valence-corrected chi connectivity index (χ4v) is 3.01. The number of halogens is 2. The zero-order chi connectivity index (χ0) is 21.1. The molecule has 0 aromatic heterocycles. The Morgan fingerprint density at radius 2 is 1.79 bits per heavy atom. The third kappa shape index (κ3) is 4.60. The van der Waals surface area contributed by atoms with E-state index in [2.05, 4.69) is 5.32 Å². The van der Waals surface area contributed by atoms with E-state index in [1.54, 1.807) is 30.3 Å². The van der Waals surface area contributed by atoms with E-state index < -0.39 is 17.8 Å². The van der Waals surface area contributed by atoms with Gasteiger partial charge in [-0.1, -0.05) is 36.2 Å². The molecule has 0 saturated carbocycles. The highest BCUT2D eigenvalue weighted by Crippen LogP contribution is 2.29. The SMILES string of the molecule is CC[C@H](C)Oc1ccc(/C=C2\C(=O)NC(=O)N(c3ccc(Cl)cc3)C2=O)cc1Cl. The number of hydrogen-bond donors (Lipinski definition) is 1. The van der Waals surface area contributed by atoms with Crippen LogP contribution in [0.1, 0.15) is 25.8 Å². The van der Waals surface area contributed by atoms with Crippen LogP contribution in [-0.4, -0.2) is 23.9 Å². The Labute approximate surface area is 178 Å². The molecule has 2 aromatic carbocycles. The Hall–Kier alpha value is -2.83. The molecule has 1 aliphatic heterocycles. The summed E-state index contributed by atoms with van der Waals surface area (Å²) in [6.07, 6.45) is 2.21. The van der Waals surface area contributed by atoms with Crippen molar-refractivity contribution in [2.45, 2.75) is 26.4 Å². The summed E-state index contributed by atoms with van der Waals surface area (Å²) in [4.78, 5) is 38.2. The molecule has 1 fully saturated rings. The van der Waals surface area contributed by atoms with E-state index in [1.807, 2.05) is 13.8 Å². The second kappa shape index (κ2) is 8.68. The number of rotatable bonds is 5. The maximum atomic E-state index is 12.9. The van der Waals surface area contributed by atoms with Crippen LogP contribution in [0.5, 0.6) is 5.75 Å². The molecule has 6 nitrogen and oxygen atoms in total. The average Bonchev–Trinajstić information content (AvgIpc) is 2.68. The molecule has 2 aromatic rings. The Kier molecular flexibility index (Phi) is 6.25. The number of nitrogens with zero attached hydrogens (tertiary/aromatic N) is 1. The van der Waals surface area contributed by atoms with Crippen molar-refractivity contribution in [2.75, 3.05) is 4.90 Å². The van der Waals surface area contributed by atoms with Gasteiger partial charge in [0.1, 0.15) is 11.3 Å². The minimum absolute atomic E-state index is 0.00125. The molecular weight excluding hydrogens is 415 g/mol. The van der Waals surface area contributed by atoms with Crippen molar-refractivity contribution in [3.05, 3.63) is 63.6 Å². The first-order chi connectivity index (χ1) is 13.8. The topological polar surface area (TPSA) is 75.7 Å². The minimum Gasteiger partial charge on any atom is -0.489 e. The van der Waals surface area contributed by atoms with E-state index in [9.17, 15) is 14.4 Å². The standard InChI is InChI=1S/C21H18Cl2N2O4/c1-3-12(2)29-18-9-4-13(11-17(18)23)10-16-19(26)24-21(28)25(20(16)27)15-7-5-14(22)6-8-15/h4-12H,3H2,1-2H3,(H,24,26,28)/b16-10+/t12-/m0/s1. The molecule has 1 aliphatic rings. The zero-order valence-corrected chi connectivity index (χ0v) is 17.3. The quantitative estimate of drug-likeness (QED) is 0.541. The molecule has 0 bridgehead atoms. The maximum absolute atomic E-state index is 12.9. The Balaban J connectivity index is 1.92. The van der Waals surface area contributed by atoms with E-state index >= 15 is 0 Å². The lowest BCUT2D eigenvalue weighted by atomic mass is 10.1. The number of ether oxygens (including phenoxy) is 1. The highest BCUT2D eigenvalue weighted by molar-refractivity contribution is 6.39. The van der Waals surface area contributed by atoms with E-state index in [-0.39, 0.29) is 11.7 Å². The van der Waals surface area contributed by atoms with Crippen molar-refractivity contribution in [3.63, 3.8) is 0 Å². The number of anilines is 1. The number of barbiturate groups is 1. The first kappa shape index (κ1) is 20.9. The number of benzene rings is 2. The normalized spacial score (nSPS) is 16.8. The highest BCUT2D eigenvalue weighted by Gasteiger charge is 2.36. The van der Waals surface area contributed by atoms with Crippen LogP contribution >= 0.6 is 23.2 Å². The Bertz CT molecular complexity index is 1000. The van der Waals surface area contributed by atoms with Gasteiger partial charge in [-0.25, -0.2) is 9.69 Å². The van der Waals surface area contributed by atoms with Gasteiger partial charge in [0.25, 0.3) is 11.8 Å². The van der Waals surface area contributed by atoms with Gasteiger partial charge in [0, 0.05) is 5.02 Å². The number of nitrogens with one attached hydrogen (secondary N) is 1. The predicted molar refractivity (Wildman–Crippen MR) is 112 cm³/mol. The fraction of sp³-hybridized carbons (Fsp3) is 0.190. The summed E-state index contributed by atoms with van der Waals surface area (Å²) in [5.74, 6) is -1.00. The van der Waals surface area contributed by atoms with Crippen LogP contribution in [0.25, 0.3) is 6.08 Å². The summed E-state index contributed by atoms with van der Waals surface area (Å²) >= 11 is 12.1. The largest absolute Gasteiger partial charge is 0.489 e. The summed E-state index contributed by atoms with van der Waals surface area (Å²) in [7, 11) is 0. The van der Waals surface area contributed by atoms with Gasteiger partial charge >= 0.3 is 6.03 Å². The summed E-state index contributed by atoms with van der Waals surface area (Å²) in [5.41, 5.74) is 0.632. The van der Waals surface area contributed by atoms with Crippen LogP contribution in [0, 0.1) is 0 Å². The molecule has 1 atom stereocenters. The highest BCUT2D eigenvalue weighted by atomic mass is 35.5. The number of hydrogen-bond acceptors (Lipinski definition) is 4. The number of urea groups is 1. The van der Waals surface area contributed by atoms with E-state index in [0.29, 0.717) is 27.0 Å². The van der Waals surface area contributed by atoms with E-state index in [0.717, 1.165) is 11.3 Å². The molecule has 4 amide bonds. The molecule has 0 aliphatic carbocycles. The molecule has 1 N–H and O–H groups in total. The second-order valence-electron chi connectivity index (χ2n) is 6.46. The molecule has 29 heavy (non-hydrogen) atoms. The summed E-state index contributed by atoms with van der Waals surface area (Å²) in [6, 6.07) is 10.3. The molecule has 1 heterocycles. The van der Waals surface area contributed by atoms with Crippen LogP contribution < -0.4 is 15.0 Å². The van der Waals surface area contributed by atoms with Gasteiger partial charge in [-0.05, 0) is 61.4 Å². The summed E-state index contributed by atoms with van der Waals surface area (Å²) in [5, 5.41) is 2.98. The van der Waals surface area contributed by atoms with Crippen LogP contribution in [0.2, 0.25) is 10.0 Å². The Morgan fingerprint density at radius 3 is 2.41 bits per heavy atom. The van der Waals surface area contributed by atoms with E-state index in [4.69, 9.17) is 27.9 Å². The number of carbonyl (C=O) groups excluding carboxylic acids is 3. The molecular formula is C21H18Cl2N2O4. The lowest BCUT2D eigenvalue weighted by Crippen LogP contribution is -2.54. The lowest BCUT2D eigenvalue weighted by Gasteiger charge is -2.26. The summed E-state index contributed by atoms with van der Waals surface area (Å²) < 4.78 is 5.72. The zero-order valence-electron chi connectivity index (χ0n) is 15.7. The smallest absolute Gasteiger partial charge is 0.335 e. The van der Waals surface area contributed by atoms with Crippen LogP contribution in [0.15, 0.2) is 48.0 Å². The third-order valence-corrected chi connectivity index (χ3v) is 4.90. The van der Waals surface area contributed by atoms with Gasteiger partial charge in [-0.2, -0.15) is 0 Å².